The average Bonchev–Trinajstić information content (AvgIpc) is 2.69. The van der Waals surface area contributed by atoms with Gasteiger partial charge in [0.05, 0.1) is 5.52 Å². The van der Waals surface area contributed by atoms with E-state index in [0.29, 0.717) is 0 Å². The monoisotopic (exact) mass is 252 g/mol. The van der Waals surface area contributed by atoms with E-state index in [1.54, 1.807) is 0 Å². The Balaban J connectivity index is 2.27. The molecular formula is C17H20N2. The summed E-state index contributed by atoms with van der Waals surface area (Å²) < 4.78 is 2.11. The number of aryl methyl sites for hydroxylation is 2. The first-order chi connectivity index (χ1) is 9.35. The van der Waals surface area contributed by atoms with Crippen molar-refractivity contribution in [1.29, 1.82) is 5.26 Å². The molecule has 0 aliphatic heterocycles. The topological polar surface area (TPSA) is 28.2 Å². The van der Waals surface area contributed by atoms with Crippen molar-refractivity contribution in [2.24, 2.45) is 0 Å². The van der Waals surface area contributed by atoms with Crippen LogP contribution < -0.4 is 0 Å². The summed E-state index contributed by atoms with van der Waals surface area (Å²) in [7, 11) is 0. The Morgan fingerprint density at radius 2 is 1.89 bits per heavy atom. The summed E-state index contributed by atoms with van der Waals surface area (Å²) in [5.74, 6) is 0. The molecule has 0 fully saturated rings. The summed E-state index contributed by atoms with van der Waals surface area (Å²) in [5.41, 5.74) is 6.25. The maximum absolute atomic E-state index is 9.50. The Morgan fingerprint density at radius 3 is 2.58 bits per heavy atom. The van der Waals surface area contributed by atoms with Crippen LogP contribution >= 0.6 is 0 Å². The quantitative estimate of drug-likeness (QED) is 0.753. The third-order valence-corrected chi connectivity index (χ3v) is 4.34. The molecule has 2 nitrogen and oxygen atoms in total. The van der Waals surface area contributed by atoms with Gasteiger partial charge < -0.3 is 4.40 Å². The van der Waals surface area contributed by atoms with Gasteiger partial charge in [0.2, 0.25) is 0 Å². The molecule has 0 spiro atoms. The number of fused-ring (bicyclic) bond motifs is 3. The zero-order valence-electron chi connectivity index (χ0n) is 11.6. The van der Waals surface area contributed by atoms with Gasteiger partial charge in [0.25, 0.3) is 0 Å². The van der Waals surface area contributed by atoms with E-state index in [4.69, 9.17) is 0 Å². The van der Waals surface area contributed by atoms with Gasteiger partial charge in [-0.05, 0) is 60.9 Å². The first-order valence-corrected chi connectivity index (χ1v) is 7.40. The molecule has 0 aromatic carbocycles. The van der Waals surface area contributed by atoms with Gasteiger partial charge in [-0.25, -0.2) is 0 Å². The molecule has 0 saturated heterocycles. The number of pyridine rings is 1. The van der Waals surface area contributed by atoms with Crippen LogP contribution in [0.3, 0.4) is 0 Å². The minimum absolute atomic E-state index is 0.870. The van der Waals surface area contributed by atoms with Crippen LogP contribution in [0.5, 0.6) is 0 Å². The Bertz CT molecular complexity index is 643. The highest BCUT2D eigenvalue weighted by molar-refractivity contribution is 5.65. The summed E-state index contributed by atoms with van der Waals surface area (Å²) in [6, 6.07) is 6.85. The fourth-order valence-corrected chi connectivity index (χ4v) is 3.26. The number of rotatable bonds is 1. The number of nitriles is 1. The van der Waals surface area contributed by atoms with Crippen LogP contribution in [-0.2, 0) is 19.3 Å². The van der Waals surface area contributed by atoms with E-state index < -0.39 is 0 Å². The SMILES string of the molecule is CCc1ccn2c(C#N)c3c(c2c1)CCCCCC3. The van der Waals surface area contributed by atoms with Crippen LogP contribution in [0.4, 0.5) is 0 Å². The predicted molar refractivity (Wildman–Crippen MR) is 77.4 cm³/mol. The van der Waals surface area contributed by atoms with E-state index in [1.165, 1.54) is 47.9 Å². The van der Waals surface area contributed by atoms with Crippen LogP contribution in [0, 0.1) is 11.3 Å². The Hall–Kier alpha value is -1.75. The molecule has 3 rings (SSSR count). The molecule has 0 bridgehead atoms. The third kappa shape index (κ3) is 2.04. The van der Waals surface area contributed by atoms with E-state index >= 15 is 0 Å². The van der Waals surface area contributed by atoms with Crippen LogP contribution in [0.2, 0.25) is 0 Å². The highest BCUT2D eigenvalue weighted by atomic mass is 14.9. The summed E-state index contributed by atoms with van der Waals surface area (Å²) in [6.07, 6.45) is 10.4. The first kappa shape index (κ1) is 12.3. The highest BCUT2D eigenvalue weighted by Gasteiger charge is 2.18. The largest absolute Gasteiger partial charge is 0.308 e. The molecule has 98 valence electrons. The molecule has 2 heterocycles. The van der Waals surface area contributed by atoms with Gasteiger partial charge in [0.15, 0.2) is 0 Å². The van der Waals surface area contributed by atoms with Gasteiger partial charge in [0.1, 0.15) is 11.8 Å². The lowest BCUT2D eigenvalue weighted by molar-refractivity contribution is 0.620. The van der Waals surface area contributed by atoms with Crippen molar-refractivity contribution in [3.8, 4) is 6.07 Å². The fraction of sp³-hybridized carbons (Fsp3) is 0.471. The van der Waals surface area contributed by atoms with Gasteiger partial charge in [-0.3, -0.25) is 0 Å². The van der Waals surface area contributed by atoms with Crippen LogP contribution in [0.15, 0.2) is 18.3 Å². The lowest BCUT2D eigenvalue weighted by Crippen LogP contribution is -1.98. The fourth-order valence-electron chi connectivity index (χ4n) is 3.26. The summed E-state index contributed by atoms with van der Waals surface area (Å²) in [4.78, 5) is 0. The molecule has 0 amide bonds. The number of aromatic nitrogens is 1. The molecule has 2 aromatic rings. The van der Waals surface area contributed by atoms with Gasteiger partial charge in [-0.1, -0.05) is 19.8 Å². The van der Waals surface area contributed by atoms with Crippen molar-refractivity contribution in [3.05, 3.63) is 40.7 Å². The molecule has 0 atom stereocenters. The summed E-state index contributed by atoms with van der Waals surface area (Å²) in [6.45, 7) is 2.18. The average molecular weight is 252 g/mol. The minimum Gasteiger partial charge on any atom is -0.308 e. The van der Waals surface area contributed by atoms with E-state index in [9.17, 15) is 5.26 Å². The first-order valence-electron chi connectivity index (χ1n) is 7.40. The van der Waals surface area contributed by atoms with Gasteiger partial charge >= 0.3 is 0 Å². The standard InChI is InChI=1S/C17H20N2/c1-2-13-9-10-19-16(11-13)14-7-5-3-4-6-8-15(14)17(19)12-18/h9-11H,2-8H2,1H3. The smallest absolute Gasteiger partial charge is 0.128 e. The Labute approximate surface area is 114 Å². The highest BCUT2D eigenvalue weighted by Crippen LogP contribution is 2.29. The molecule has 19 heavy (non-hydrogen) atoms. The second-order valence-corrected chi connectivity index (χ2v) is 5.48. The lowest BCUT2D eigenvalue weighted by atomic mass is 9.94. The van der Waals surface area contributed by atoms with Gasteiger partial charge in [-0.2, -0.15) is 5.26 Å². The zero-order chi connectivity index (χ0) is 13.2. The Morgan fingerprint density at radius 1 is 1.16 bits per heavy atom. The van der Waals surface area contributed by atoms with Crippen molar-refractivity contribution in [2.45, 2.75) is 51.9 Å². The molecular weight excluding hydrogens is 232 g/mol. The van der Waals surface area contributed by atoms with Crippen molar-refractivity contribution in [2.75, 3.05) is 0 Å². The maximum Gasteiger partial charge on any atom is 0.128 e. The number of hydrogen-bond acceptors (Lipinski definition) is 1. The second kappa shape index (κ2) is 5.09. The third-order valence-electron chi connectivity index (χ3n) is 4.34. The van der Waals surface area contributed by atoms with Gasteiger partial charge in [-0.15, -0.1) is 0 Å². The summed E-state index contributed by atoms with van der Waals surface area (Å²) in [5, 5.41) is 9.50. The van der Waals surface area contributed by atoms with Crippen molar-refractivity contribution in [1.82, 2.24) is 4.40 Å². The molecule has 0 saturated carbocycles. The molecule has 2 heteroatoms. The van der Waals surface area contributed by atoms with E-state index in [-0.39, 0.29) is 0 Å². The van der Waals surface area contributed by atoms with Crippen LogP contribution in [0.1, 0.15) is 55.0 Å². The molecule has 1 aliphatic rings. The molecule has 0 radical (unpaired) electrons. The normalized spacial score (nSPS) is 15.6. The second-order valence-electron chi connectivity index (χ2n) is 5.48. The minimum atomic E-state index is 0.870. The zero-order valence-corrected chi connectivity index (χ0v) is 11.6. The van der Waals surface area contributed by atoms with Crippen LogP contribution in [0.25, 0.3) is 5.52 Å². The van der Waals surface area contributed by atoms with E-state index in [1.807, 2.05) is 0 Å². The molecule has 0 N–H and O–H groups in total. The molecule has 2 aromatic heterocycles. The van der Waals surface area contributed by atoms with E-state index in [2.05, 4.69) is 35.7 Å². The number of hydrogen-bond donors (Lipinski definition) is 0. The summed E-state index contributed by atoms with van der Waals surface area (Å²) >= 11 is 0. The van der Waals surface area contributed by atoms with Crippen molar-refractivity contribution < 1.29 is 0 Å². The maximum atomic E-state index is 9.50. The predicted octanol–water partition coefficient (Wildman–Crippen LogP) is 4.03. The van der Waals surface area contributed by atoms with Gasteiger partial charge in [0, 0.05) is 6.20 Å². The Kier molecular flexibility index (Phi) is 3.29. The van der Waals surface area contributed by atoms with Crippen LogP contribution in [-0.4, -0.2) is 4.40 Å². The molecule has 1 aliphatic carbocycles. The van der Waals surface area contributed by atoms with Crippen molar-refractivity contribution in [3.63, 3.8) is 0 Å². The lowest BCUT2D eigenvalue weighted by Gasteiger charge is -2.09. The van der Waals surface area contributed by atoms with E-state index in [0.717, 1.165) is 25.0 Å². The number of nitrogens with zero attached hydrogens (tertiary/aromatic N) is 2. The van der Waals surface area contributed by atoms with Crippen molar-refractivity contribution >= 4 is 5.52 Å². The molecule has 0 unspecified atom stereocenters.